The van der Waals surface area contributed by atoms with Gasteiger partial charge in [-0.3, -0.25) is 14.2 Å². The maximum Gasteiger partial charge on any atom is 0.262 e. The third-order valence-electron chi connectivity index (χ3n) is 4.67. The lowest BCUT2D eigenvalue weighted by molar-refractivity contribution is -0.120. The number of carbonyl (C=O) groups is 2. The summed E-state index contributed by atoms with van der Waals surface area (Å²) in [6.07, 6.45) is -0.0686. The normalized spacial score (nSPS) is 10.9. The van der Waals surface area contributed by atoms with E-state index in [0.29, 0.717) is 16.6 Å². The molecule has 3 rings (SSSR count). The number of fused-ring (bicyclic) bond motifs is 1. The molecular formula is C21H20F2N2O4. The molecule has 1 heterocycles. The van der Waals surface area contributed by atoms with Crippen LogP contribution in [0.15, 0.2) is 36.4 Å². The second kappa shape index (κ2) is 8.40. The van der Waals surface area contributed by atoms with E-state index in [4.69, 9.17) is 9.84 Å². The van der Waals surface area contributed by atoms with Gasteiger partial charge >= 0.3 is 0 Å². The number of aromatic nitrogens is 1. The zero-order valence-corrected chi connectivity index (χ0v) is 16.0. The lowest BCUT2D eigenvalue weighted by atomic mass is 10.1. The van der Waals surface area contributed by atoms with Gasteiger partial charge in [-0.25, -0.2) is 8.78 Å². The van der Waals surface area contributed by atoms with Crippen molar-refractivity contribution in [2.24, 2.45) is 0 Å². The summed E-state index contributed by atoms with van der Waals surface area (Å²) in [7, 11) is 1.32. The molecule has 0 saturated carbocycles. The average molecular weight is 402 g/mol. The summed E-state index contributed by atoms with van der Waals surface area (Å²) < 4.78 is 34.0. The van der Waals surface area contributed by atoms with Crippen molar-refractivity contribution >= 4 is 22.7 Å². The highest BCUT2D eigenvalue weighted by molar-refractivity contribution is 6.05. The summed E-state index contributed by atoms with van der Waals surface area (Å²) in [5.41, 5.74) is 1.49. The minimum Gasteiger partial charge on any atom is -0.494 e. The van der Waals surface area contributed by atoms with Crippen LogP contribution in [-0.4, -0.2) is 41.7 Å². The van der Waals surface area contributed by atoms with E-state index in [-0.39, 0.29) is 42.3 Å². The van der Waals surface area contributed by atoms with Crippen LogP contribution < -0.4 is 10.1 Å². The zero-order valence-electron chi connectivity index (χ0n) is 16.0. The molecule has 152 valence electrons. The SMILES string of the molecule is COc1cc2c(CC(=O)NCCO)c(C)n(C(=O)c3ccc(F)cc3)c2cc1F. The van der Waals surface area contributed by atoms with Crippen LogP contribution in [0.5, 0.6) is 5.75 Å². The van der Waals surface area contributed by atoms with Gasteiger partial charge in [0.15, 0.2) is 11.6 Å². The molecule has 8 heteroatoms. The van der Waals surface area contributed by atoms with Crippen molar-refractivity contribution in [1.29, 1.82) is 0 Å². The van der Waals surface area contributed by atoms with E-state index < -0.39 is 17.5 Å². The highest BCUT2D eigenvalue weighted by Crippen LogP contribution is 2.32. The van der Waals surface area contributed by atoms with E-state index in [1.165, 1.54) is 48.1 Å². The van der Waals surface area contributed by atoms with E-state index in [2.05, 4.69) is 5.32 Å². The molecule has 0 saturated heterocycles. The summed E-state index contributed by atoms with van der Waals surface area (Å²) in [6.45, 7) is 1.55. The second-order valence-corrected chi connectivity index (χ2v) is 6.47. The van der Waals surface area contributed by atoms with Crippen LogP contribution in [0.4, 0.5) is 8.78 Å². The minimum absolute atomic E-state index is 0.0131. The van der Waals surface area contributed by atoms with Gasteiger partial charge < -0.3 is 15.2 Å². The van der Waals surface area contributed by atoms with Crippen LogP contribution in [0, 0.1) is 18.6 Å². The number of hydrogen-bond acceptors (Lipinski definition) is 4. The quantitative estimate of drug-likeness (QED) is 0.664. The first-order valence-electron chi connectivity index (χ1n) is 8.92. The van der Waals surface area contributed by atoms with Crippen LogP contribution in [-0.2, 0) is 11.2 Å². The maximum atomic E-state index is 14.4. The summed E-state index contributed by atoms with van der Waals surface area (Å²) in [5.74, 6) is -1.96. The average Bonchev–Trinajstić information content (AvgIpc) is 2.96. The zero-order chi connectivity index (χ0) is 21.1. The Morgan fingerprint density at radius 2 is 1.86 bits per heavy atom. The summed E-state index contributed by atoms with van der Waals surface area (Å²) in [6, 6.07) is 7.65. The van der Waals surface area contributed by atoms with Gasteiger partial charge in [0, 0.05) is 29.3 Å². The van der Waals surface area contributed by atoms with Crippen LogP contribution in [0.1, 0.15) is 21.6 Å². The van der Waals surface area contributed by atoms with Gasteiger partial charge in [-0.1, -0.05) is 0 Å². The van der Waals surface area contributed by atoms with Crippen LogP contribution >= 0.6 is 0 Å². The third kappa shape index (κ3) is 3.97. The molecule has 2 N–H and O–H groups in total. The van der Waals surface area contributed by atoms with Gasteiger partial charge in [-0.2, -0.15) is 0 Å². The topological polar surface area (TPSA) is 80.6 Å². The number of carbonyl (C=O) groups excluding carboxylic acids is 2. The first kappa shape index (κ1) is 20.5. The molecule has 0 atom stereocenters. The Kier molecular flexibility index (Phi) is 5.93. The fraction of sp³-hybridized carbons (Fsp3) is 0.238. The van der Waals surface area contributed by atoms with Crippen molar-refractivity contribution < 1.29 is 28.2 Å². The Hall–Kier alpha value is -3.26. The van der Waals surface area contributed by atoms with Crippen molar-refractivity contribution in [3.8, 4) is 5.75 Å². The highest BCUT2D eigenvalue weighted by Gasteiger charge is 2.23. The van der Waals surface area contributed by atoms with Crippen molar-refractivity contribution in [2.45, 2.75) is 13.3 Å². The monoisotopic (exact) mass is 402 g/mol. The lowest BCUT2D eigenvalue weighted by Crippen LogP contribution is -2.28. The van der Waals surface area contributed by atoms with Crippen molar-refractivity contribution in [2.75, 3.05) is 20.3 Å². The van der Waals surface area contributed by atoms with Gasteiger partial charge in [0.25, 0.3) is 5.91 Å². The predicted octanol–water partition coefficient (Wildman–Crippen LogP) is 2.58. The Balaban J connectivity index is 2.17. The van der Waals surface area contributed by atoms with Gasteiger partial charge in [-0.15, -0.1) is 0 Å². The number of methoxy groups -OCH3 is 1. The predicted molar refractivity (Wildman–Crippen MR) is 103 cm³/mol. The fourth-order valence-corrected chi connectivity index (χ4v) is 3.26. The van der Waals surface area contributed by atoms with Gasteiger partial charge in [-0.05, 0) is 42.8 Å². The number of aliphatic hydroxyl groups is 1. The number of benzene rings is 2. The molecule has 0 aliphatic carbocycles. The van der Waals surface area contributed by atoms with Crippen molar-refractivity contribution in [1.82, 2.24) is 9.88 Å². The Bertz CT molecular complexity index is 1070. The van der Waals surface area contributed by atoms with Gasteiger partial charge in [0.2, 0.25) is 5.91 Å². The largest absolute Gasteiger partial charge is 0.494 e. The molecule has 1 aromatic heterocycles. The molecular weight excluding hydrogens is 382 g/mol. The van der Waals surface area contributed by atoms with Crippen LogP contribution in [0.3, 0.4) is 0 Å². The number of nitrogens with zero attached hydrogens (tertiary/aromatic N) is 1. The Labute approximate surface area is 165 Å². The smallest absolute Gasteiger partial charge is 0.262 e. The molecule has 6 nitrogen and oxygen atoms in total. The van der Waals surface area contributed by atoms with Gasteiger partial charge in [0.05, 0.1) is 25.7 Å². The molecule has 3 aromatic rings. The molecule has 0 fully saturated rings. The van der Waals surface area contributed by atoms with Crippen molar-refractivity contribution in [3.63, 3.8) is 0 Å². The third-order valence-corrected chi connectivity index (χ3v) is 4.67. The van der Waals surface area contributed by atoms with Gasteiger partial charge in [0.1, 0.15) is 5.82 Å². The maximum absolute atomic E-state index is 14.4. The molecule has 0 radical (unpaired) electrons. The standard InChI is InChI=1S/C21H20F2N2O4/c1-12-15(10-20(27)24-7-8-26)16-9-19(29-2)17(23)11-18(16)25(12)21(28)13-3-5-14(22)6-4-13/h3-6,9,11,26H,7-8,10H2,1-2H3,(H,24,27). The Morgan fingerprint density at radius 3 is 2.48 bits per heavy atom. The molecule has 2 aromatic carbocycles. The summed E-state index contributed by atoms with van der Waals surface area (Å²) in [5, 5.41) is 11.9. The number of nitrogens with one attached hydrogen (secondary N) is 1. The lowest BCUT2D eigenvalue weighted by Gasteiger charge is -2.08. The minimum atomic E-state index is -0.651. The molecule has 0 spiro atoms. The van der Waals surface area contributed by atoms with Crippen LogP contribution in [0.2, 0.25) is 0 Å². The molecule has 0 bridgehead atoms. The number of hydrogen-bond donors (Lipinski definition) is 2. The Morgan fingerprint density at radius 1 is 1.17 bits per heavy atom. The molecule has 0 unspecified atom stereocenters. The number of aliphatic hydroxyl groups excluding tert-OH is 1. The summed E-state index contributed by atoms with van der Waals surface area (Å²) in [4.78, 5) is 25.3. The van der Waals surface area contributed by atoms with Crippen molar-refractivity contribution in [3.05, 3.63) is 64.9 Å². The number of ether oxygens (including phenoxy) is 1. The number of amides is 1. The first-order valence-corrected chi connectivity index (χ1v) is 8.92. The first-order chi connectivity index (χ1) is 13.9. The van der Waals surface area contributed by atoms with E-state index in [1.54, 1.807) is 6.92 Å². The number of rotatable bonds is 6. The van der Waals surface area contributed by atoms with E-state index in [9.17, 15) is 18.4 Å². The van der Waals surface area contributed by atoms with E-state index in [1.807, 2.05) is 0 Å². The second-order valence-electron chi connectivity index (χ2n) is 6.47. The molecule has 0 aliphatic rings. The highest BCUT2D eigenvalue weighted by atomic mass is 19.1. The molecule has 1 amide bonds. The fourth-order valence-electron chi connectivity index (χ4n) is 3.26. The van der Waals surface area contributed by atoms with E-state index in [0.717, 1.165) is 0 Å². The molecule has 0 aliphatic heterocycles. The molecule has 29 heavy (non-hydrogen) atoms. The number of halogens is 2. The van der Waals surface area contributed by atoms with Crippen LogP contribution in [0.25, 0.3) is 10.9 Å². The summed E-state index contributed by atoms with van der Waals surface area (Å²) >= 11 is 0. The van der Waals surface area contributed by atoms with E-state index >= 15 is 0 Å².